The van der Waals surface area contributed by atoms with Crippen molar-refractivity contribution in [3.8, 4) is 0 Å². The van der Waals surface area contributed by atoms with Gasteiger partial charge in [-0.2, -0.15) is 8.78 Å². The quantitative estimate of drug-likeness (QED) is 0.597. The lowest BCUT2D eigenvalue weighted by Crippen LogP contribution is -2.32. The van der Waals surface area contributed by atoms with Crippen molar-refractivity contribution in [3.63, 3.8) is 0 Å². The minimum atomic E-state index is -3.37. The van der Waals surface area contributed by atoms with E-state index in [1.54, 1.807) is 24.4 Å². The van der Waals surface area contributed by atoms with E-state index < -0.39 is 18.6 Å². The van der Waals surface area contributed by atoms with Gasteiger partial charge in [0.15, 0.2) is 0 Å². The van der Waals surface area contributed by atoms with Crippen LogP contribution in [0.15, 0.2) is 47.4 Å². The molecular formula is C24H28F2N4O2. The van der Waals surface area contributed by atoms with Gasteiger partial charge in [-0.3, -0.25) is 9.20 Å². The summed E-state index contributed by atoms with van der Waals surface area (Å²) in [6, 6.07) is 9.12. The predicted octanol–water partition coefficient (Wildman–Crippen LogP) is 4.25. The van der Waals surface area contributed by atoms with Crippen molar-refractivity contribution in [2.45, 2.75) is 45.1 Å². The fraction of sp³-hybridized carbons (Fsp3) is 0.417. The number of hydrogen-bond acceptors (Lipinski definition) is 5. The number of fused-ring (bicyclic) bond motifs is 1. The lowest BCUT2D eigenvalue weighted by Gasteiger charge is -2.28. The largest absolute Gasteiger partial charge is 0.390 e. The first-order chi connectivity index (χ1) is 15.3. The number of halogens is 2. The highest BCUT2D eigenvalue weighted by molar-refractivity contribution is 5.60. The number of aromatic nitrogens is 2. The molecule has 0 amide bonds. The van der Waals surface area contributed by atoms with Gasteiger partial charge in [-0.05, 0) is 50.8 Å². The summed E-state index contributed by atoms with van der Waals surface area (Å²) in [7, 11) is 0. The number of aliphatic hydroxyl groups excluding tert-OH is 1. The topological polar surface area (TPSA) is 69.9 Å². The molecule has 3 heterocycles. The van der Waals surface area contributed by atoms with Gasteiger partial charge in [-0.1, -0.05) is 18.2 Å². The molecule has 2 aromatic heterocycles. The Balaban J connectivity index is 1.77. The van der Waals surface area contributed by atoms with Gasteiger partial charge in [0.05, 0.1) is 6.04 Å². The van der Waals surface area contributed by atoms with Crippen molar-refractivity contribution in [3.05, 3.63) is 69.6 Å². The second kappa shape index (κ2) is 8.86. The van der Waals surface area contributed by atoms with Gasteiger partial charge in [0.25, 0.3) is 11.5 Å². The molecule has 3 aromatic rings. The van der Waals surface area contributed by atoms with Gasteiger partial charge in [0.2, 0.25) is 0 Å². The van der Waals surface area contributed by atoms with E-state index in [1.165, 1.54) is 23.0 Å². The Morgan fingerprint density at radius 3 is 2.62 bits per heavy atom. The van der Waals surface area contributed by atoms with Gasteiger partial charge in [-0.25, -0.2) is 4.98 Å². The fourth-order valence-electron chi connectivity index (χ4n) is 4.29. The standard InChI is InChI=1S/C24H28F2N4O2/c1-16-12-18(17(2)27-20-9-5-4-8-19(20)24(25,26)15-31)23-28-21(13-22(32)30(23)14-16)29-10-6-3-7-11-29/h4-5,8-9,12-14,17,27,31H,3,6-7,10-11,15H2,1-2H3. The number of piperidine rings is 1. The van der Waals surface area contributed by atoms with E-state index >= 15 is 0 Å². The Hall–Kier alpha value is -3.00. The number of aliphatic hydroxyl groups is 1. The van der Waals surface area contributed by atoms with E-state index in [0.29, 0.717) is 11.5 Å². The van der Waals surface area contributed by atoms with Gasteiger partial charge in [-0.15, -0.1) is 0 Å². The number of aryl methyl sites for hydroxylation is 1. The minimum absolute atomic E-state index is 0.167. The molecule has 8 heteroatoms. The normalized spacial score (nSPS) is 15.7. The van der Waals surface area contributed by atoms with Gasteiger partial charge < -0.3 is 15.3 Å². The van der Waals surface area contributed by atoms with Crippen molar-refractivity contribution in [1.29, 1.82) is 0 Å². The Morgan fingerprint density at radius 1 is 1.19 bits per heavy atom. The van der Waals surface area contributed by atoms with Crippen LogP contribution >= 0.6 is 0 Å². The molecule has 32 heavy (non-hydrogen) atoms. The maximum absolute atomic E-state index is 14.3. The van der Waals surface area contributed by atoms with Crippen LogP contribution in [0.5, 0.6) is 0 Å². The summed E-state index contributed by atoms with van der Waals surface area (Å²) in [5.74, 6) is -2.71. The van der Waals surface area contributed by atoms with E-state index in [4.69, 9.17) is 10.1 Å². The second-order valence-corrected chi connectivity index (χ2v) is 8.44. The minimum Gasteiger partial charge on any atom is -0.390 e. The van der Waals surface area contributed by atoms with Crippen LogP contribution in [0.3, 0.4) is 0 Å². The van der Waals surface area contributed by atoms with Crippen molar-refractivity contribution < 1.29 is 13.9 Å². The van der Waals surface area contributed by atoms with Crippen molar-refractivity contribution in [1.82, 2.24) is 9.38 Å². The number of alkyl halides is 2. The molecule has 1 aliphatic heterocycles. The molecule has 0 bridgehead atoms. The van der Waals surface area contributed by atoms with E-state index in [1.807, 2.05) is 19.9 Å². The number of hydrogen-bond donors (Lipinski definition) is 2. The molecule has 1 fully saturated rings. The maximum Gasteiger partial charge on any atom is 0.297 e. The summed E-state index contributed by atoms with van der Waals surface area (Å²) in [6.45, 7) is 4.18. The molecule has 6 nitrogen and oxygen atoms in total. The number of pyridine rings is 1. The zero-order valence-corrected chi connectivity index (χ0v) is 18.3. The van der Waals surface area contributed by atoms with Crippen LogP contribution in [0.25, 0.3) is 5.65 Å². The smallest absolute Gasteiger partial charge is 0.297 e. The first kappa shape index (κ1) is 22.2. The zero-order valence-electron chi connectivity index (χ0n) is 18.3. The average molecular weight is 443 g/mol. The zero-order chi connectivity index (χ0) is 22.9. The van der Waals surface area contributed by atoms with E-state index in [0.717, 1.165) is 37.1 Å². The number of benzene rings is 1. The molecular weight excluding hydrogens is 414 g/mol. The van der Waals surface area contributed by atoms with Crippen LogP contribution in [-0.2, 0) is 5.92 Å². The summed E-state index contributed by atoms with van der Waals surface area (Å²) in [5.41, 5.74) is 1.90. The number of rotatable bonds is 6. The molecule has 1 aliphatic rings. The lowest BCUT2D eigenvalue weighted by atomic mass is 10.0. The van der Waals surface area contributed by atoms with E-state index in [2.05, 4.69) is 10.2 Å². The third-order valence-corrected chi connectivity index (χ3v) is 5.95. The molecule has 0 saturated carbocycles. The van der Waals surface area contributed by atoms with Gasteiger partial charge in [0.1, 0.15) is 18.1 Å². The van der Waals surface area contributed by atoms with Crippen molar-refractivity contribution in [2.24, 2.45) is 0 Å². The SMILES string of the molecule is Cc1cc(C(C)Nc2ccccc2C(F)(F)CO)c2nc(N3CCCCC3)cc(=O)n2c1. The molecule has 4 rings (SSSR count). The molecule has 1 atom stereocenters. The lowest BCUT2D eigenvalue weighted by molar-refractivity contribution is -0.0550. The third-order valence-electron chi connectivity index (χ3n) is 5.95. The molecule has 0 spiro atoms. The van der Waals surface area contributed by atoms with Crippen LogP contribution in [0.2, 0.25) is 0 Å². The third kappa shape index (κ3) is 4.32. The second-order valence-electron chi connectivity index (χ2n) is 8.44. The number of para-hydroxylation sites is 1. The van der Waals surface area contributed by atoms with Gasteiger partial charge >= 0.3 is 0 Å². The van der Waals surface area contributed by atoms with Crippen LogP contribution in [-0.4, -0.2) is 34.2 Å². The predicted molar refractivity (Wildman–Crippen MR) is 122 cm³/mol. The number of nitrogens with zero attached hydrogens (tertiary/aromatic N) is 3. The number of nitrogens with one attached hydrogen (secondary N) is 1. The highest BCUT2D eigenvalue weighted by Gasteiger charge is 2.33. The first-order valence-electron chi connectivity index (χ1n) is 10.9. The Morgan fingerprint density at radius 2 is 1.91 bits per heavy atom. The first-order valence-corrected chi connectivity index (χ1v) is 10.9. The summed E-state index contributed by atoms with van der Waals surface area (Å²) in [4.78, 5) is 19.8. The Labute approximate surface area is 185 Å². The highest BCUT2D eigenvalue weighted by atomic mass is 19.3. The molecule has 0 radical (unpaired) electrons. The van der Waals surface area contributed by atoms with Crippen LogP contribution < -0.4 is 15.8 Å². The summed E-state index contributed by atoms with van der Waals surface area (Å²) >= 11 is 0. The molecule has 1 aromatic carbocycles. The number of anilines is 2. The van der Waals surface area contributed by atoms with Crippen LogP contribution in [0.4, 0.5) is 20.3 Å². The van der Waals surface area contributed by atoms with Crippen LogP contribution in [0.1, 0.15) is 48.9 Å². The summed E-state index contributed by atoms with van der Waals surface area (Å²) in [5, 5.41) is 12.3. The van der Waals surface area contributed by atoms with Crippen molar-refractivity contribution in [2.75, 3.05) is 29.9 Å². The van der Waals surface area contributed by atoms with E-state index in [9.17, 15) is 13.6 Å². The highest BCUT2D eigenvalue weighted by Crippen LogP contribution is 2.35. The van der Waals surface area contributed by atoms with Gasteiger partial charge in [0, 0.05) is 42.2 Å². The molecule has 1 unspecified atom stereocenters. The van der Waals surface area contributed by atoms with E-state index in [-0.39, 0.29) is 16.8 Å². The molecule has 0 aliphatic carbocycles. The monoisotopic (exact) mass is 442 g/mol. The Kier molecular flexibility index (Phi) is 6.15. The fourth-order valence-corrected chi connectivity index (χ4v) is 4.29. The van der Waals surface area contributed by atoms with Crippen molar-refractivity contribution >= 4 is 17.2 Å². The Bertz CT molecular complexity index is 1170. The summed E-state index contributed by atoms with van der Waals surface area (Å²) in [6.07, 6.45) is 5.05. The average Bonchev–Trinajstić information content (AvgIpc) is 2.79. The molecule has 170 valence electrons. The molecule has 1 saturated heterocycles. The maximum atomic E-state index is 14.3. The summed E-state index contributed by atoms with van der Waals surface area (Å²) < 4.78 is 30.1. The molecule has 2 N–H and O–H groups in total. The van der Waals surface area contributed by atoms with Crippen LogP contribution in [0, 0.1) is 6.92 Å².